The van der Waals surface area contributed by atoms with Crippen LogP contribution in [0.3, 0.4) is 0 Å². The van der Waals surface area contributed by atoms with E-state index in [0.717, 1.165) is 23.3 Å². The van der Waals surface area contributed by atoms with Crippen molar-refractivity contribution < 1.29 is 28.7 Å². The first-order valence-corrected chi connectivity index (χ1v) is 9.51. The highest BCUT2D eigenvalue weighted by atomic mass is 16.6. The van der Waals surface area contributed by atoms with Gasteiger partial charge in [-0.2, -0.15) is 0 Å². The summed E-state index contributed by atoms with van der Waals surface area (Å²) in [6.07, 6.45) is 0.902. The Labute approximate surface area is 173 Å². The maximum atomic E-state index is 12.1. The molecule has 0 bridgehead atoms. The fourth-order valence-electron chi connectivity index (χ4n) is 3.09. The highest BCUT2D eigenvalue weighted by Crippen LogP contribution is 2.35. The minimum atomic E-state index is -0.741. The van der Waals surface area contributed by atoms with Gasteiger partial charge < -0.3 is 19.5 Å². The maximum Gasteiger partial charge on any atom is 0.338 e. The lowest BCUT2D eigenvalue weighted by molar-refractivity contribution is -0.384. The molecule has 9 heteroatoms. The van der Waals surface area contributed by atoms with Crippen molar-refractivity contribution in [2.24, 2.45) is 0 Å². The second kappa shape index (κ2) is 9.25. The largest absolute Gasteiger partial charge is 0.494 e. The minimum Gasteiger partial charge on any atom is -0.494 e. The third-order valence-electron chi connectivity index (χ3n) is 4.50. The lowest BCUT2D eigenvalue weighted by Crippen LogP contribution is -2.28. The van der Waals surface area contributed by atoms with Gasteiger partial charge in [-0.15, -0.1) is 0 Å². The average molecular weight is 414 g/mol. The Kier molecular flexibility index (Phi) is 6.51. The van der Waals surface area contributed by atoms with E-state index in [1.54, 1.807) is 0 Å². The van der Waals surface area contributed by atoms with Gasteiger partial charge in [-0.25, -0.2) is 4.79 Å². The van der Waals surface area contributed by atoms with E-state index in [1.165, 1.54) is 24.3 Å². The summed E-state index contributed by atoms with van der Waals surface area (Å²) < 4.78 is 16.4. The van der Waals surface area contributed by atoms with Crippen LogP contribution in [0.2, 0.25) is 0 Å². The minimum absolute atomic E-state index is 0.0955. The topological polar surface area (TPSA) is 117 Å². The number of esters is 1. The molecular formula is C21H22N2O7. The zero-order chi connectivity index (χ0) is 21.7. The molecule has 0 unspecified atom stereocenters. The number of hydrogen-bond donors (Lipinski definition) is 1. The number of nitro groups is 1. The molecule has 0 aliphatic carbocycles. The zero-order valence-corrected chi connectivity index (χ0v) is 16.7. The molecule has 1 aliphatic heterocycles. The van der Waals surface area contributed by atoms with Crippen LogP contribution in [0.5, 0.6) is 11.5 Å². The van der Waals surface area contributed by atoms with E-state index in [2.05, 4.69) is 5.32 Å². The number of non-ortho nitro benzene ring substituents is 1. The van der Waals surface area contributed by atoms with Crippen molar-refractivity contribution in [2.75, 3.05) is 13.2 Å². The Hall–Kier alpha value is -3.62. The molecule has 1 N–H and O–H groups in total. The van der Waals surface area contributed by atoms with Crippen LogP contribution < -0.4 is 14.8 Å². The summed E-state index contributed by atoms with van der Waals surface area (Å²) in [5.74, 6) is 0.231. The number of carbonyl (C=O) groups excluding carboxylic acids is 2. The van der Waals surface area contributed by atoms with Gasteiger partial charge in [-0.1, -0.05) is 0 Å². The number of amides is 1. The maximum absolute atomic E-state index is 12.1. The Morgan fingerprint density at radius 3 is 2.67 bits per heavy atom. The first-order valence-electron chi connectivity index (χ1n) is 9.51. The molecule has 30 heavy (non-hydrogen) atoms. The van der Waals surface area contributed by atoms with E-state index in [9.17, 15) is 19.7 Å². The number of benzene rings is 2. The summed E-state index contributed by atoms with van der Waals surface area (Å²) >= 11 is 0. The average Bonchev–Trinajstić information content (AvgIpc) is 3.09. The van der Waals surface area contributed by atoms with E-state index in [1.807, 2.05) is 26.0 Å². The predicted molar refractivity (Wildman–Crippen MR) is 107 cm³/mol. The van der Waals surface area contributed by atoms with Crippen LogP contribution in [0.15, 0.2) is 36.4 Å². The molecular weight excluding hydrogens is 392 g/mol. The van der Waals surface area contributed by atoms with Gasteiger partial charge >= 0.3 is 5.97 Å². The van der Waals surface area contributed by atoms with Gasteiger partial charge in [0.1, 0.15) is 17.6 Å². The summed E-state index contributed by atoms with van der Waals surface area (Å²) in [4.78, 5) is 34.2. The smallest absolute Gasteiger partial charge is 0.338 e. The molecule has 2 aromatic rings. The number of nitrogens with one attached hydrogen (secondary N) is 1. The van der Waals surface area contributed by atoms with Gasteiger partial charge in [0.05, 0.1) is 17.1 Å². The molecule has 1 atom stereocenters. The van der Waals surface area contributed by atoms with Crippen LogP contribution in [-0.4, -0.2) is 36.1 Å². The van der Waals surface area contributed by atoms with E-state index in [0.29, 0.717) is 12.4 Å². The molecule has 0 aromatic heterocycles. The molecule has 0 saturated heterocycles. The molecule has 0 radical (unpaired) electrons. The van der Waals surface area contributed by atoms with Crippen LogP contribution in [-0.2, 0) is 22.5 Å². The van der Waals surface area contributed by atoms with Crippen molar-refractivity contribution in [2.45, 2.75) is 32.9 Å². The monoisotopic (exact) mass is 414 g/mol. The normalized spacial score (nSPS) is 14.4. The number of nitrogens with zero attached hydrogens (tertiary/aromatic N) is 1. The second-order valence-electron chi connectivity index (χ2n) is 6.79. The molecule has 3 rings (SSSR count). The lowest BCUT2D eigenvalue weighted by atomic mass is 10.1. The second-order valence-corrected chi connectivity index (χ2v) is 6.79. The summed E-state index contributed by atoms with van der Waals surface area (Å²) in [6, 6.07) is 8.73. The van der Waals surface area contributed by atoms with Gasteiger partial charge in [0.25, 0.3) is 11.6 Å². The summed E-state index contributed by atoms with van der Waals surface area (Å²) in [7, 11) is 0. The highest BCUT2D eigenvalue weighted by Gasteiger charge is 2.22. The Bertz CT molecular complexity index is 957. The number of carbonyl (C=O) groups is 2. The SMILES string of the molecule is CCOc1cc2c(cc1CNC(=O)COC(=O)c1ccc([N+](=O)[O-])cc1)O[C@H](C)C2. The van der Waals surface area contributed by atoms with Crippen LogP contribution in [0.4, 0.5) is 5.69 Å². The van der Waals surface area contributed by atoms with Crippen molar-refractivity contribution in [1.82, 2.24) is 5.32 Å². The van der Waals surface area contributed by atoms with Crippen molar-refractivity contribution in [3.63, 3.8) is 0 Å². The van der Waals surface area contributed by atoms with Crippen molar-refractivity contribution in [3.05, 3.63) is 63.2 Å². The van der Waals surface area contributed by atoms with Gasteiger partial charge in [0, 0.05) is 36.2 Å². The van der Waals surface area contributed by atoms with Crippen LogP contribution >= 0.6 is 0 Å². The van der Waals surface area contributed by atoms with E-state index in [-0.39, 0.29) is 23.9 Å². The summed E-state index contributed by atoms with van der Waals surface area (Å²) in [5, 5.41) is 13.3. The fraction of sp³-hybridized carbons (Fsp3) is 0.333. The summed E-state index contributed by atoms with van der Waals surface area (Å²) in [5.41, 5.74) is 1.82. The number of ether oxygens (including phenoxy) is 3. The Balaban J connectivity index is 1.55. The molecule has 158 valence electrons. The lowest BCUT2D eigenvalue weighted by Gasteiger charge is -2.13. The third kappa shape index (κ3) is 5.05. The van der Waals surface area contributed by atoms with Crippen LogP contribution in [0, 0.1) is 10.1 Å². The van der Waals surface area contributed by atoms with Gasteiger partial charge in [0.2, 0.25) is 0 Å². The predicted octanol–water partition coefficient (Wildman–Crippen LogP) is 2.79. The Morgan fingerprint density at radius 2 is 2.00 bits per heavy atom. The van der Waals surface area contributed by atoms with Crippen LogP contribution in [0.25, 0.3) is 0 Å². The number of fused-ring (bicyclic) bond motifs is 1. The molecule has 1 aliphatic rings. The van der Waals surface area contributed by atoms with E-state index < -0.39 is 23.4 Å². The quantitative estimate of drug-likeness (QED) is 0.401. The Morgan fingerprint density at radius 1 is 1.27 bits per heavy atom. The molecule has 0 saturated carbocycles. The molecule has 1 heterocycles. The highest BCUT2D eigenvalue weighted by molar-refractivity contribution is 5.91. The molecule has 9 nitrogen and oxygen atoms in total. The van der Waals surface area contributed by atoms with Crippen molar-refractivity contribution >= 4 is 17.6 Å². The molecule has 0 fully saturated rings. The molecule has 0 spiro atoms. The van der Waals surface area contributed by atoms with Gasteiger partial charge in [-0.05, 0) is 38.1 Å². The van der Waals surface area contributed by atoms with E-state index >= 15 is 0 Å². The first kappa shape index (κ1) is 21.1. The fourth-order valence-corrected chi connectivity index (χ4v) is 3.09. The van der Waals surface area contributed by atoms with Crippen molar-refractivity contribution in [1.29, 1.82) is 0 Å². The summed E-state index contributed by atoms with van der Waals surface area (Å²) in [6.45, 7) is 4.07. The first-order chi connectivity index (χ1) is 14.4. The third-order valence-corrected chi connectivity index (χ3v) is 4.50. The van der Waals surface area contributed by atoms with Gasteiger partial charge in [-0.3, -0.25) is 14.9 Å². The van der Waals surface area contributed by atoms with Crippen molar-refractivity contribution in [3.8, 4) is 11.5 Å². The van der Waals surface area contributed by atoms with E-state index in [4.69, 9.17) is 14.2 Å². The number of hydrogen-bond acceptors (Lipinski definition) is 7. The standard InChI is InChI=1S/C21H22N2O7/c1-3-28-18-9-15-8-13(2)30-19(15)10-16(18)11-22-20(24)12-29-21(25)14-4-6-17(7-5-14)23(26)27/h4-7,9-10,13H,3,8,11-12H2,1-2H3,(H,22,24)/t13-/m1/s1. The van der Waals surface area contributed by atoms with Crippen LogP contribution in [0.1, 0.15) is 35.3 Å². The van der Waals surface area contributed by atoms with Gasteiger partial charge in [0.15, 0.2) is 6.61 Å². The molecule has 2 aromatic carbocycles. The number of rotatable bonds is 8. The number of nitro benzene ring substituents is 1. The zero-order valence-electron chi connectivity index (χ0n) is 16.7. The molecule has 1 amide bonds.